The number of hydrogen-bond donors (Lipinski definition) is 0. The van der Waals surface area contributed by atoms with Crippen molar-refractivity contribution in [3.8, 4) is 0 Å². The van der Waals surface area contributed by atoms with Gasteiger partial charge in [-0.2, -0.15) is 0 Å². The van der Waals surface area contributed by atoms with E-state index in [-0.39, 0.29) is 23.6 Å². The van der Waals surface area contributed by atoms with Crippen molar-refractivity contribution < 1.29 is 9.53 Å². The third-order valence-electron chi connectivity index (χ3n) is 7.32. The first kappa shape index (κ1) is 26.1. The molecule has 0 radical (unpaired) electrons. The average molecular weight is 536 g/mol. The van der Waals surface area contributed by atoms with Gasteiger partial charge >= 0.3 is 11.7 Å². The van der Waals surface area contributed by atoms with Crippen LogP contribution in [0.15, 0.2) is 67.9 Å². The van der Waals surface area contributed by atoms with Gasteiger partial charge in [-0.3, -0.25) is 23.6 Å². The number of rotatable bonds is 7. The highest BCUT2D eigenvalue weighted by molar-refractivity contribution is 7.99. The Morgan fingerprint density at radius 3 is 2.39 bits per heavy atom. The smallest absolute Gasteiger partial charge is 0.332 e. The summed E-state index contributed by atoms with van der Waals surface area (Å²) >= 11 is 1.76. The second kappa shape index (κ2) is 11.1. The zero-order chi connectivity index (χ0) is 26.8. The minimum absolute atomic E-state index is 0.240. The second-order valence-corrected chi connectivity index (χ2v) is 10.8. The number of hydrogen-bond acceptors (Lipinski definition) is 8. The third-order valence-corrected chi connectivity index (χ3v) is 8.45. The highest BCUT2D eigenvalue weighted by Crippen LogP contribution is 2.48. The molecule has 0 atom stereocenters. The summed E-state index contributed by atoms with van der Waals surface area (Å²) in [7, 11) is 4.64. The SMILES string of the molecule is COC(=O)Cc1ccc2c(c1)N(CCCN1CCN(c3cc(=O)n(C)c(=O)n3C)CC1)c1ccccc1S2. The van der Waals surface area contributed by atoms with Gasteiger partial charge in [-0.05, 0) is 42.8 Å². The molecule has 0 spiro atoms. The van der Waals surface area contributed by atoms with Crippen molar-refractivity contribution in [3.05, 3.63) is 74.9 Å². The van der Waals surface area contributed by atoms with E-state index >= 15 is 0 Å². The number of piperazine rings is 1. The summed E-state index contributed by atoms with van der Waals surface area (Å²) in [5.41, 5.74) is 2.69. The van der Waals surface area contributed by atoms with Crippen LogP contribution in [-0.4, -0.2) is 66.4 Å². The lowest BCUT2D eigenvalue weighted by Crippen LogP contribution is -2.49. The number of methoxy groups -OCH3 is 1. The fourth-order valence-electron chi connectivity index (χ4n) is 5.14. The molecule has 1 saturated heterocycles. The molecule has 5 rings (SSSR count). The van der Waals surface area contributed by atoms with Crippen LogP contribution >= 0.6 is 11.8 Å². The summed E-state index contributed by atoms with van der Waals surface area (Å²) in [5, 5.41) is 0. The lowest BCUT2D eigenvalue weighted by Gasteiger charge is -2.37. The Hall–Kier alpha value is -3.50. The van der Waals surface area contributed by atoms with Crippen molar-refractivity contribution in [1.29, 1.82) is 0 Å². The molecule has 38 heavy (non-hydrogen) atoms. The lowest BCUT2D eigenvalue weighted by molar-refractivity contribution is -0.139. The van der Waals surface area contributed by atoms with Gasteiger partial charge < -0.3 is 14.5 Å². The van der Waals surface area contributed by atoms with Crippen molar-refractivity contribution >= 4 is 34.9 Å². The third kappa shape index (κ3) is 5.23. The molecule has 1 aromatic heterocycles. The molecule has 3 aromatic rings. The first-order valence-corrected chi connectivity index (χ1v) is 13.7. The highest BCUT2D eigenvalue weighted by Gasteiger charge is 2.25. The first-order valence-electron chi connectivity index (χ1n) is 12.8. The summed E-state index contributed by atoms with van der Waals surface area (Å²) in [5.74, 6) is 0.440. The van der Waals surface area contributed by atoms with E-state index < -0.39 is 0 Å². The van der Waals surface area contributed by atoms with Crippen molar-refractivity contribution in [2.75, 3.05) is 56.2 Å². The minimum atomic E-state index is -0.301. The van der Waals surface area contributed by atoms with E-state index in [2.05, 4.69) is 51.1 Å². The number of anilines is 3. The summed E-state index contributed by atoms with van der Waals surface area (Å²) in [6, 6.07) is 16.2. The van der Waals surface area contributed by atoms with Crippen LogP contribution in [0.2, 0.25) is 0 Å². The van der Waals surface area contributed by atoms with Gasteiger partial charge in [0.1, 0.15) is 5.82 Å². The fourth-order valence-corrected chi connectivity index (χ4v) is 6.22. The molecule has 0 N–H and O–H groups in total. The van der Waals surface area contributed by atoms with Gasteiger partial charge in [0, 0.05) is 62.7 Å². The summed E-state index contributed by atoms with van der Waals surface area (Å²) in [4.78, 5) is 45.7. The number of para-hydroxylation sites is 1. The quantitative estimate of drug-likeness (QED) is 0.428. The molecule has 0 bridgehead atoms. The summed E-state index contributed by atoms with van der Waals surface area (Å²) < 4.78 is 7.56. The van der Waals surface area contributed by atoms with E-state index in [0.29, 0.717) is 5.82 Å². The van der Waals surface area contributed by atoms with Crippen LogP contribution in [-0.2, 0) is 30.0 Å². The van der Waals surface area contributed by atoms with E-state index in [1.54, 1.807) is 29.4 Å². The van der Waals surface area contributed by atoms with Gasteiger partial charge in [0.05, 0.1) is 24.9 Å². The highest BCUT2D eigenvalue weighted by atomic mass is 32.2. The zero-order valence-corrected chi connectivity index (χ0v) is 22.9. The largest absolute Gasteiger partial charge is 0.469 e. The van der Waals surface area contributed by atoms with E-state index in [4.69, 9.17) is 4.74 Å². The molecule has 0 aliphatic carbocycles. The van der Waals surface area contributed by atoms with E-state index in [1.807, 2.05) is 6.07 Å². The molecule has 200 valence electrons. The molecule has 2 aliphatic heterocycles. The van der Waals surface area contributed by atoms with E-state index in [1.165, 1.54) is 29.6 Å². The molecule has 1 fully saturated rings. The molecular weight excluding hydrogens is 502 g/mol. The van der Waals surface area contributed by atoms with Crippen LogP contribution in [0.4, 0.5) is 17.2 Å². The Labute approximate surface area is 226 Å². The Morgan fingerprint density at radius 1 is 0.895 bits per heavy atom. The summed E-state index contributed by atoms with van der Waals surface area (Å²) in [6.07, 6.45) is 1.23. The molecule has 3 heterocycles. The number of aromatic nitrogens is 2. The number of benzene rings is 2. The zero-order valence-electron chi connectivity index (χ0n) is 22.1. The number of esters is 1. The normalized spacial score (nSPS) is 15.2. The van der Waals surface area contributed by atoms with Crippen molar-refractivity contribution in [3.63, 3.8) is 0 Å². The molecule has 0 saturated carbocycles. The van der Waals surface area contributed by atoms with Crippen LogP contribution in [0.3, 0.4) is 0 Å². The monoisotopic (exact) mass is 535 g/mol. The molecule has 0 unspecified atom stereocenters. The van der Waals surface area contributed by atoms with Crippen molar-refractivity contribution in [2.24, 2.45) is 14.1 Å². The topological polar surface area (TPSA) is 80.0 Å². The maximum Gasteiger partial charge on any atom is 0.332 e. The van der Waals surface area contributed by atoms with Gasteiger partial charge in [0.2, 0.25) is 0 Å². The molecule has 10 heteroatoms. The van der Waals surface area contributed by atoms with Crippen molar-refractivity contribution in [2.45, 2.75) is 22.6 Å². The van der Waals surface area contributed by atoms with E-state index in [0.717, 1.165) is 61.5 Å². The van der Waals surface area contributed by atoms with Gasteiger partial charge in [0.15, 0.2) is 0 Å². The molecule has 9 nitrogen and oxygen atoms in total. The maximum absolute atomic E-state index is 12.3. The van der Waals surface area contributed by atoms with E-state index in [9.17, 15) is 14.4 Å². The second-order valence-electron chi connectivity index (χ2n) is 9.70. The standard InChI is InChI=1S/C28H33N5O4S/c1-29-25(19-26(34)30(2)28(29)36)32-15-13-31(14-16-32)11-6-12-33-21-7-4-5-8-23(21)38-24-10-9-20(17-22(24)33)18-27(35)37-3/h4-5,7-10,17,19H,6,11-16,18H2,1-3H3. The van der Waals surface area contributed by atoms with Gasteiger partial charge in [-0.1, -0.05) is 30.0 Å². The first-order chi connectivity index (χ1) is 18.4. The molecular formula is C28H33N5O4S. The Kier molecular flexibility index (Phi) is 7.62. The number of nitrogens with zero attached hydrogens (tertiary/aromatic N) is 5. The average Bonchev–Trinajstić information content (AvgIpc) is 2.94. The number of ether oxygens (including phenoxy) is 1. The van der Waals surface area contributed by atoms with Gasteiger partial charge in [0.25, 0.3) is 5.56 Å². The summed E-state index contributed by atoms with van der Waals surface area (Å²) in [6.45, 7) is 5.08. The molecule has 2 aromatic carbocycles. The maximum atomic E-state index is 12.3. The lowest BCUT2D eigenvalue weighted by atomic mass is 10.1. The predicted octanol–water partition coefficient (Wildman–Crippen LogP) is 2.61. The van der Waals surface area contributed by atoms with Crippen molar-refractivity contribution in [1.82, 2.24) is 14.0 Å². The van der Waals surface area contributed by atoms with Crippen LogP contribution in [0.5, 0.6) is 0 Å². The number of carbonyl (C=O) groups excluding carboxylic acids is 1. The Bertz CT molecular complexity index is 1460. The number of carbonyl (C=O) groups is 1. The van der Waals surface area contributed by atoms with Crippen LogP contribution in [0.25, 0.3) is 0 Å². The molecule has 0 amide bonds. The van der Waals surface area contributed by atoms with Gasteiger partial charge in [-0.15, -0.1) is 0 Å². The molecule has 2 aliphatic rings. The Morgan fingerprint density at radius 2 is 1.63 bits per heavy atom. The van der Waals surface area contributed by atoms with Crippen LogP contribution in [0, 0.1) is 0 Å². The minimum Gasteiger partial charge on any atom is -0.469 e. The fraction of sp³-hybridized carbons (Fsp3) is 0.393. The number of fused-ring (bicyclic) bond motifs is 2. The van der Waals surface area contributed by atoms with Gasteiger partial charge in [-0.25, -0.2) is 4.79 Å². The Balaban J connectivity index is 1.25. The van der Waals surface area contributed by atoms with Crippen LogP contribution < -0.4 is 21.0 Å². The van der Waals surface area contributed by atoms with Crippen LogP contribution in [0.1, 0.15) is 12.0 Å². The predicted molar refractivity (Wildman–Crippen MR) is 150 cm³/mol.